The number of nitrogens with one attached hydrogen (secondary N) is 1. The summed E-state index contributed by atoms with van der Waals surface area (Å²) in [6.45, 7) is 0.225. The highest BCUT2D eigenvalue weighted by Gasteiger charge is 2.10. The smallest absolute Gasteiger partial charge is 0.253 e. The Labute approximate surface area is 147 Å². The third-order valence-corrected chi connectivity index (χ3v) is 3.46. The highest BCUT2D eigenvalue weighted by Crippen LogP contribution is 2.25. The van der Waals surface area contributed by atoms with Gasteiger partial charge in [0.2, 0.25) is 5.91 Å². The molecule has 25 heavy (non-hydrogen) atoms. The van der Waals surface area contributed by atoms with Crippen molar-refractivity contribution in [3.63, 3.8) is 0 Å². The van der Waals surface area contributed by atoms with E-state index < -0.39 is 0 Å². The average molecular weight is 342 g/mol. The largest absolute Gasteiger partial charge is 0.493 e. The molecule has 0 bridgehead atoms. The van der Waals surface area contributed by atoms with Crippen LogP contribution >= 0.6 is 0 Å². The molecule has 2 rings (SSSR count). The molecule has 0 aromatic heterocycles. The minimum atomic E-state index is -0.190. The molecule has 6 nitrogen and oxygen atoms in total. The Morgan fingerprint density at radius 3 is 2.44 bits per heavy atom. The van der Waals surface area contributed by atoms with Crippen molar-refractivity contribution < 1.29 is 19.1 Å². The first kappa shape index (κ1) is 18.3. The molecule has 0 fully saturated rings. The fourth-order valence-electron chi connectivity index (χ4n) is 2.20. The number of ether oxygens (including phenoxy) is 2. The Kier molecular flexibility index (Phi) is 6.39. The Hall–Kier alpha value is -3.02. The molecule has 6 heteroatoms. The Bertz CT molecular complexity index is 744. The van der Waals surface area contributed by atoms with Crippen molar-refractivity contribution in [3.8, 4) is 11.5 Å². The van der Waals surface area contributed by atoms with Crippen molar-refractivity contribution in [2.24, 2.45) is 0 Å². The first-order chi connectivity index (χ1) is 12.0. The lowest BCUT2D eigenvalue weighted by atomic mass is 10.2. The van der Waals surface area contributed by atoms with Crippen LogP contribution in [0.4, 0.5) is 5.69 Å². The standard InChI is InChI=1S/C19H22N2O4/c1-21(2)19(23)14-7-6-8-15(13-14)20-18(22)11-12-25-17-10-5-4-9-16(17)24-3/h4-10,13H,11-12H2,1-3H3,(H,20,22). The van der Waals surface area contributed by atoms with Gasteiger partial charge in [0.05, 0.1) is 20.1 Å². The minimum Gasteiger partial charge on any atom is -0.493 e. The zero-order valence-corrected chi connectivity index (χ0v) is 14.6. The van der Waals surface area contributed by atoms with Crippen molar-refractivity contribution in [2.75, 3.05) is 33.1 Å². The molecule has 0 radical (unpaired) electrons. The second kappa shape index (κ2) is 8.73. The second-order valence-electron chi connectivity index (χ2n) is 5.58. The van der Waals surface area contributed by atoms with Gasteiger partial charge in [-0.2, -0.15) is 0 Å². The maximum atomic E-state index is 12.1. The first-order valence-corrected chi connectivity index (χ1v) is 7.88. The van der Waals surface area contributed by atoms with Crippen molar-refractivity contribution in [1.82, 2.24) is 4.90 Å². The van der Waals surface area contributed by atoms with Crippen LogP contribution in [0, 0.1) is 0 Å². The van der Waals surface area contributed by atoms with Gasteiger partial charge in [-0.15, -0.1) is 0 Å². The van der Waals surface area contributed by atoms with Gasteiger partial charge in [0.1, 0.15) is 0 Å². The van der Waals surface area contributed by atoms with E-state index >= 15 is 0 Å². The van der Waals surface area contributed by atoms with E-state index in [4.69, 9.17) is 9.47 Å². The lowest BCUT2D eigenvalue weighted by Crippen LogP contribution is -2.22. The van der Waals surface area contributed by atoms with Gasteiger partial charge in [0.25, 0.3) is 5.91 Å². The lowest BCUT2D eigenvalue weighted by Gasteiger charge is -2.12. The van der Waals surface area contributed by atoms with Crippen LogP contribution < -0.4 is 14.8 Å². The molecular formula is C19H22N2O4. The topological polar surface area (TPSA) is 67.9 Å². The third kappa shape index (κ3) is 5.24. The van der Waals surface area contributed by atoms with E-state index in [1.165, 1.54) is 4.90 Å². The molecule has 0 atom stereocenters. The monoisotopic (exact) mass is 342 g/mol. The molecule has 0 spiro atoms. The normalized spacial score (nSPS) is 10.0. The van der Waals surface area contributed by atoms with E-state index in [9.17, 15) is 9.59 Å². The molecule has 0 aliphatic rings. The predicted molar refractivity (Wildman–Crippen MR) is 96.2 cm³/mol. The summed E-state index contributed by atoms with van der Waals surface area (Å²) in [6, 6.07) is 14.1. The molecule has 0 saturated heterocycles. The second-order valence-corrected chi connectivity index (χ2v) is 5.58. The number of methoxy groups -OCH3 is 1. The van der Waals surface area contributed by atoms with E-state index in [0.29, 0.717) is 22.7 Å². The van der Waals surface area contributed by atoms with Gasteiger partial charge in [0, 0.05) is 25.3 Å². The summed E-state index contributed by atoms with van der Waals surface area (Å²) in [7, 11) is 4.93. The Morgan fingerprint density at radius 1 is 1.04 bits per heavy atom. The maximum Gasteiger partial charge on any atom is 0.253 e. The molecule has 2 aromatic rings. The fourth-order valence-corrected chi connectivity index (χ4v) is 2.20. The van der Waals surface area contributed by atoms with E-state index in [2.05, 4.69) is 5.32 Å². The van der Waals surface area contributed by atoms with Crippen molar-refractivity contribution in [3.05, 3.63) is 54.1 Å². The molecular weight excluding hydrogens is 320 g/mol. The number of amides is 2. The number of anilines is 1. The van der Waals surface area contributed by atoms with E-state index in [1.807, 2.05) is 12.1 Å². The van der Waals surface area contributed by atoms with E-state index in [-0.39, 0.29) is 24.8 Å². The van der Waals surface area contributed by atoms with Gasteiger partial charge in [-0.1, -0.05) is 18.2 Å². The number of benzene rings is 2. The Morgan fingerprint density at radius 2 is 1.76 bits per heavy atom. The summed E-state index contributed by atoms with van der Waals surface area (Å²) in [4.78, 5) is 25.5. The third-order valence-electron chi connectivity index (χ3n) is 3.46. The summed E-state index contributed by atoms with van der Waals surface area (Å²) in [5.41, 5.74) is 1.10. The van der Waals surface area contributed by atoms with Gasteiger partial charge in [0.15, 0.2) is 11.5 Å². The number of hydrogen-bond acceptors (Lipinski definition) is 4. The molecule has 0 aliphatic heterocycles. The zero-order valence-electron chi connectivity index (χ0n) is 14.6. The molecule has 132 valence electrons. The van der Waals surface area contributed by atoms with Crippen LogP contribution in [0.15, 0.2) is 48.5 Å². The number of para-hydroxylation sites is 2. The van der Waals surface area contributed by atoms with Gasteiger partial charge < -0.3 is 19.7 Å². The molecule has 0 saturated carbocycles. The molecule has 0 aliphatic carbocycles. The van der Waals surface area contributed by atoms with Crippen LogP contribution in [0.1, 0.15) is 16.8 Å². The number of nitrogens with zero attached hydrogens (tertiary/aromatic N) is 1. The summed E-state index contributed by atoms with van der Waals surface area (Å²) < 4.78 is 10.8. The SMILES string of the molecule is COc1ccccc1OCCC(=O)Nc1cccc(C(=O)N(C)C)c1. The van der Waals surface area contributed by atoms with Gasteiger partial charge in [-0.3, -0.25) is 9.59 Å². The molecule has 0 heterocycles. The summed E-state index contributed by atoms with van der Waals surface area (Å²) in [6.07, 6.45) is 0.184. The maximum absolute atomic E-state index is 12.1. The van der Waals surface area contributed by atoms with Crippen LogP contribution in [0.25, 0.3) is 0 Å². The van der Waals surface area contributed by atoms with Crippen LogP contribution in [0.5, 0.6) is 11.5 Å². The van der Waals surface area contributed by atoms with Crippen LogP contribution in [0.3, 0.4) is 0 Å². The summed E-state index contributed by atoms with van der Waals surface area (Å²) in [5.74, 6) is 0.911. The molecule has 2 amide bonds. The quantitative estimate of drug-likeness (QED) is 0.840. The first-order valence-electron chi connectivity index (χ1n) is 7.88. The number of carbonyl (C=O) groups is 2. The number of rotatable bonds is 7. The molecule has 2 aromatic carbocycles. The highest BCUT2D eigenvalue weighted by molar-refractivity contribution is 5.97. The number of hydrogen-bond donors (Lipinski definition) is 1. The predicted octanol–water partition coefficient (Wildman–Crippen LogP) is 2.80. The molecule has 1 N–H and O–H groups in total. The van der Waals surface area contributed by atoms with Crippen LogP contribution in [-0.2, 0) is 4.79 Å². The average Bonchev–Trinajstić information content (AvgIpc) is 2.61. The van der Waals surface area contributed by atoms with Crippen molar-refractivity contribution in [2.45, 2.75) is 6.42 Å². The van der Waals surface area contributed by atoms with Crippen molar-refractivity contribution >= 4 is 17.5 Å². The van der Waals surface area contributed by atoms with Gasteiger partial charge >= 0.3 is 0 Å². The summed E-state index contributed by atoms with van der Waals surface area (Å²) in [5, 5.41) is 2.77. The minimum absolute atomic E-state index is 0.115. The fraction of sp³-hybridized carbons (Fsp3) is 0.263. The molecule has 0 unspecified atom stereocenters. The number of carbonyl (C=O) groups excluding carboxylic acids is 2. The van der Waals surface area contributed by atoms with Gasteiger partial charge in [-0.05, 0) is 30.3 Å². The summed E-state index contributed by atoms with van der Waals surface area (Å²) >= 11 is 0. The lowest BCUT2D eigenvalue weighted by molar-refractivity contribution is -0.116. The van der Waals surface area contributed by atoms with Crippen LogP contribution in [-0.4, -0.2) is 44.5 Å². The van der Waals surface area contributed by atoms with Crippen molar-refractivity contribution in [1.29, 1.82) is 0 Å². The van der Waals surface area contributed by atoms with E-state index in [0.717, 1.165) is 0 Å². The Balaban J connectivity index is 1.88. The van der Waals surface area contributed by atoms with E-state index in [1.54, 1.807) is 57.6 Å². The highest BCUT2D eigenvalue weighted by atomic mass is 16.5. The van der Waals surface area contributed by atoms with Crippen LogP contribution in [0.2, 0.25) is 0 Å². The van der Waals surface area contributed by atoms with Gasteiger partial charge in [-0.25, -0.2) is 0 Å². The zero-order chi connectivity index (χ0) is 18.2.